The second-order valence-corrected chi connectivity index (χ2v) is 3.78. The van der Waals surface area contributed by atoms with Crippen LogP contribution in [-0.4, -0.2) is 24.2 Å². The SMILES string of the molecule is CN[C@@H](CCc1cccc(Cl)c1)C(=O)O. The van der Waals surface area contributed by atoms with Crippen molar-refractivity contribution in [1.29, 1.82) is 0 Å². The van der Waals surface area contributed by atoms with Gasteiger partial charge in [-0.1, -0.05) is 23.7 Å². The Kier molecular flexibility index (Phi) is 4.59. The van der Waals surface area contributed by atoms with Crippen LogP contribution in [0.2, 0.25) is 5.02 Å². The normalized spacial score (nSPS) is 12.4. The first-order chi connectivity index (χ1) is 7.13. The van der Waals surface area contributed by atoms with E-state index in [2.05, 4.69) is 5.32 Å². The third kappa shape index (κ3) is 3.90. The van der Waals surface area contributed by atoms with Gasteiger partial charge < -0.3 is 10.4 Å². The number of nitrogens with one attached hydrogen (secondary N) is 1. The molecule has 0 fully saturated rings. The lowest BCUT2D eigenvalue weighted by Gasteiger charge is -2.10. The summed E-state index contributed by atoms with van der Waals surface area (Å²) in [6.07, 6.45) is 1.27. The van der Waals surface area contributed by atoms with Gasteiger partial charge in [0.15, 0.2) is 0 Å². The van der Waals surface area contributed by atoms with E-state index in [1.165, 1.54) is 0 Å². The predicted octanol–water partition coefficient (Wildman–Crippen LogP) is 1.95. The van der Waals surface area contributed by atoms with Gasteiger partial charge in [0, 0.05) is 5.02 Å². The molecule has 0 aliphatic carbocycles. The van der Waals surface area contributed by atoms with E-state index in [1.807, 2.05) is 18.2 Å². The van der Waals surface area contributed by atoms with Crippen molar-refractivity contribution in [3.8, 4) is 0 Å². The maximum absolute atomic E-state index is 10.7. The predicted molar refractivity (Wildman–Crippen MR) is 60.3 cm³/mol. The Hall–Kier alpha value is -1.06. The number of halogens is 1. The minimum absolute atomic E-state index is 0.496. The first kappa shape index (κ1) is 12.0. The molecule has 0 unspecified atom stereocenters. The molecule has 0 aliphatic rings. The van der Waals surface area contributed by atoms with Gasteiger partial charge in [-0.25, -0.2) is 0 Å². The number of hydrogen-bond donors (Lipinski definition) is 2. The number of carbonyl (C=O) groups is 1. The number of likely N-dealkylation sites (N-methyl/N-ethyl adjacent to an activating group) is 1. The Balaban J connectivity index is 2.52. The molecule has 0 saturated heterocycles. The van der Waals surface area contributed by atoms with Crippen LogP contribution < -0.4 is 5.32 Å². The van der Waals surface area contributed by atoms with Crippen LogP contribution in [0.5, 0.6) is 0 Å². The fourth-order valence-electron chi connectivity index (χ4n) is 1.39. The standard InChI is InChI=1S/C11H14ClNO2/c1-13-10(11(14)15)6-5-8-3-2-4-9(12)7-8/h2-4,7,10,13H,5-6H2,1H3,(H,14,15)/t10-/m0/s1. The highest BCUT2D eigenvalue weighted by Crippen LogP contribution is 2.12. The summed E-state index contributed by atoms with van der Waals surface area (Å²) < 4.78 is 0. The molecule has 1 atom stereocenters. The minimum atomic E-state index is -0.820. The zero-order valence-corrected chi connectivity index (χ0v) is 9.29. The summed E-state index contributed by atoms with van der Waals surface area (Å²) in [7, 11) is 1.65. The molecule has 0 aliphatic heterocycles. The monoisotopic (exact) mass is 227 g/mol. The summed E-state index contributed by atoms with van der Waals surface area (Å²) in [4.78, 5) is 10.7. The van der Waals surface area contributed by atoms with Gasteiger partial charge in [0.2, 0.25) is 0 Å². The van der Waals surface area contributed by atoms with E-state index >= 15 is 0 Å². The van der Waals surface area contributed by atoms with Crippen LogP contribution in [0.4, 0.5) is 0 Å². The van der Waals surface area contributed by atoms with E-state index < -0.39 is 12.0 Å². The highest BCUT2D eigenvalue weighted by Gasteiger charge is 2.13. The number of rotatable bonds is 5. The number of carboxylic acids is 1. The van der Waals surface area contributed by atoms with Gasteiger partial charge in [0.1, 0.15) is 6.04 Å². The summed E-state index contributed by atoms with van der Waals surface area (Å²) in [5.74, 6) is -0.820. The van der Waals surface area contributed by atoms with Crippen LogP contribution in [0.15, 0.2) is 24.3 Å². The lowest BCUT2D eigenvalue weighted by atomic mass is 10.1. The van der Waals surface area contributed by atoms with Gasteiger partial charge >= 0.3 is 5.97 Å². The molecule has 3 nitrogen and oxygen atoms in total. The van der Waals surface area contributed by atoms with Crippen LogP contribution in [0.3, 0.4) is 0 Å². The lowest BCUT2D eigenvalue weighted by molar-refractivity contribution is -0.139. The van der Waals surface area contributed by atoms with E-state index in [1.54, 1.807) is 13.1 Å². The molecule has 0 spiro atoms. The zero-order chi connectivity index (χ0) is 11.3. The van der Waals surface area contributed by atoms with Crippen molar-refractivity contribution in [2.24, 2.45) is 0 Å². The number of aliphatic carboxylic acids is 1. The number of hydrogen-bond acceptors (Lipinski definition) is 2. The highest BCUT2D eigenvalue weighted by molar-refractivity contribution is 6.30. The minimum Gasteiger partial charge on any atom is -0.480 e. The molecule has 0 amide bonds. The molecule has 1 aromatic carbocycles. The molecule has 0 aromatic heterocycles. The third-order valence-corrected chi connectivity index (χ3v) is 2.49. The summed E-state index contributed by atoms with van der Waals surface area (Å²) in [6.45, 7) is 0. The van der Waals surface area contributed by atoms with Gasteiger partial charge in [-0.15, -0.1) is 0 Å². The summed E-state index contributed by atoms with van der Waals surface area (Å²) in [5, 5.41) is 12.3. The molecule has 1 aromatic rings. The van der Waals surface area contributed by atoms with Gasteiger partial charge in [-0.2, -0.15) is 0 Å². The van der Waals surface area contributed by atoms with Crippen LogP contribution in [0.1, 0.15) is 12.0 Å². The van der Waals surface area contributed by atoms with Crippen LogP contribution >= 0.6 is 11.6 Å². The van der Waals surface area contributed by atoms with Gasteiger partial charge in [0.05, 0.1) is 0 Å². The van der Waals surface area contributed by atoms with Crippen LogP contribution in [0, 0.1) is 0 Å². The van der Waals surface area contributed by atoms with Crippen molar-refractivity contribution >= 4 is 17.6 Å². The smallest absolute Gasteiger partial charge is 0.320 e. The summed E-state index contributed by atoms with van der Waals surface area (Å²) >= 11 is 5.82. The topological polar surface area (TPSA) is 49.3 Å². The Bertz CT molecular complexity index is 341. The zero-order valence-electron chi connectivity index (χ0n) is 8.53. The first-order valence-corrected chi connectivity index (χ1v) is 5.16. The Labute approximate surface area is 94.1 Å². The molecule has 15 heavy (non-hydrogen) atoms. The fraction of sp³-hybridized carbons (Fsp3) is 0.364. The van der Waals surface area contributed by atoms with E-state index in [-0.39, 0.29) is 0 Å². The number of aryl methyl sites for hydroxylation is 1. The van der Waals surface area contributed by atoms with Crippen LogP contribution in [0.25, 0.3) is 0 Å². The van der Waals surface area contributed by atoms with E-state index in [0.29, 0.717) is 17.9 Å². The Morgan fingerprint density at radius 3 is 2.87 bits per heavy atom. The van der Waals surface area contributed by atoms with Crippen molar-refractivity contribution in [2.45, 2.75) is 18.9 Å². The van der Waals surface area contributed by atoms with Crippen LogP contribution in [-0.2, 0) is 11.2 Å². The van der Waals surface area contributed by atoms with E-state index in [4.69, 9.17) is 16.7 Å². The maximum Gasteiger partial charge on any atom is 0.320 e. The number of carboxylic acid groups (broad SMARTS) is 1. The quantitative estimate of drug-likeness (QED) is 0.809. The molecule has 0 radical (unpaired) electrons. The van der Waals surface area contributed by atoms with Crippen molar-refractivity contribution in [3.05, 3.63) is 34.9 Å². The van der Waals surface area contributed by atoms with E-state index in [9.17, 15) is 4.79 Å². The summed E-state index contributed by atoms with van der Waals surface area (Å²) in [5.41, 5.74) is 1.06. The number of benzene rings is 1. The average molecular weight is 228 g/mol. The molecule has 0 saturated carbocycles. The fourth-order valence-corrected chi connectivity index (χ4v) is 1.61. The lowest BCUT2D eigenvalue weighted by Crippen LogP contribution is -2.34. The first-order valence-electron chi connectivity index (χ1n) is 4.78. The van der Waals surface area contributed by atoms with Crippen molar-refractivity contribution in [3.63, 3.8) is 0 Å². The van der Waals surface area contributed by atoms with Gasteiger partial charge in [-0.05, 0) is 37.6 Å². The largest absolute Gasteiger partial charge is 0.480 e. The van der Waals surface area contributed by atoms with Crippen molar-refractivity contribution in [1.82, 2.24) is 5.32 Å². The molecule has 0 bridgehead atoms. The van der Waals surface area contributed by atoms with Gasteiger partial charge in [0.25, 0.3) is 0 Å². The summed E-state index contributed by atoms with van der Waals surface area (Å²) in [6, 6.07) is 6.98. The van der Waals surface area contributed by atoms with Crippen molar-refractivity contribution < 1.29 is 9.90 Å². The molecule has 0 heterocycles. The van der Waals surface area contributed by atoms with E-state index in [0.717, 1.165) is 5.56 Å². The van der Waals surface area contributed by atoms with Gasteiger partial charge in [-0.3, -0.25) is 4.79 Å². The second-order valence-electron chi connectivity index (χ2n) is 3.35. The molecular weight excluding hydrogens is 214 g/mol. The molecule has 4 heteroatoms. The maximum atomic E-state index is 10.7. The Morgan fingerprint density at radius 1 is 1.60 bits per heavy atom. The molecule has 1 rings (SSSR count). The Morgan fingerprint density at radius 2 is 2.33 bits per heavy atom. The highest BCUT2D eigenvalue weighted by atomic mass is 35.5. The molecular formula is C11H14ClNO2. The molecule has 82 valence electrons. The second kappa shape index (κ2) is 5.73. The average Bonchev–Trinajstić information content (AvgIpc) is 2.18. The molecule has 2 N–H and O–H groups in total. The third-order valence-electron chi connectivity index (χ3n) is 2.26. The van der Waals surface area contributed by atoms with Crippen molar-refractivity contribution in [2.75, 3.05) is 7.05 Å².